The van der Waals surface area contributed by atoms with Crippen molar-refractivity contribution in [3.63, 3.8) is 0 Å². The lowest BCUT2D eigenvalue weighted by Crippen LogP contribution is -2.80. The van der Waals surface area contributed by atoms with Crippen LogP contribution in [0.15, 0.2) is 23.2 Å². The summed E-state index contributed by atoms with van der Waals surface area (Å²) in [5.74, 6) is -145. The molecule has 378 valence electrons. The Morgan fingerprint density at radius 1 is 0.477 bits per heavy atom. The number of aliphatic imine (C=N–C) groups is 1. The molecule has 1 N–H and O–H groups in total. The second kappa shape index (κ2) is 15.9. The molecule has 0 fully saturated rings. The van der Waals surface area contributed by atoms with Crippen LogP contribution in [0.4, 0.5) is 151 Å². The SMILES string of the molecule is Cc1cc(N=C=O)ccc1C(=O)NC(C)CC(F)(F)C(F)(F)C(F)(F)C(F)(F)C(F)(F)C(F)(F)C(F)(F)C(F)(F)C(F)(F)C(F)(F)C(F)(F)C(F)(F)C(F)(F)C(F)(F)C(F)(F)C(F)(F)F. The molecule has 1 unspecified atom stereocenters. The van der Waals surface area contributed by atoms with Gasteiger partial charge in [-0.3, -0.25) is 4.79 Å². The van der Waals surface area contributed by atoms with Crippen LogP contribution in [0.3, 0.4) is 0 Å². The molecule has 0 heterocycles. The zero-order valence-corrected chi connectivity index (χ0v) is 29.8. The summed E-state index contributed by atoms with van der Waals surface area (Å²) in [4.78, 5) is 25.6. The average molecular weight is 1040 g/mol. The fraction of sp³-hybridized carbons (Fsp3) is 0.714. The summed E-state index contributed by atoms with van der Waals surface area (Å²) in [6.07, 6.45) is -10.7. The van der Waals surface area contributed by atoms with Gasteiger partial charge >= 0.3 is 95.0 Å². The summed E-state index contributed by atoms with van der Waals surface area (Å²) in [7, 11) is 0. The van der Waals surface area contributed by atoms with E-state index in [2.05, 4.69) is 4.99 Å². The van der Waals surface area contributed by atoms with Gasteiger partial charge in [-0.1, -0.05) is 0 Å². The highest BCUT2D eigenvalue weighted by Crippen LogP contribution is 2.70. The van der Waals surface area contributed by atoms with Crippen molar-refractivity contribution in [1.82, 2.24) is 5.32 Å². The van der Waals surface area contributed by atoms with E-state index in [4.69, 9.17) is 0 Å². The molecule has 1 rings (SSSR count). The van der Waals surface area contributed by atoms with Crippen LogP contribution in [-0.4, -0.2) is 113 Å². The van der Waals surface area contributed by atoms with E-state index in [1.807, 2.05) is 0 Å². The zero-order chi connectivity index (χ0) is 52.8. The molecule has 1 atom stereocenters. The van der Waals surface area contributed by atoms with Crippen molar-refractivity contribution >= 4 is 17.7 Å². The predicted octanol–water partition coefficient (Wildman–Crippen LogP) is 12.6. The number of carbonyl (C=O) groups excluding carboxylic acids is 2. The number of hydrogen-bond acceptors (Lipinski definition) is 3. The topological polar surface area (TPSA) is 58.5 Å². The first-order valence-corrected chi connectivity index (χ1v) is 15.2. The Labute approximate surface area is 334 Å². The molecule has 0 radical (unpaired) electrons. The summed E-state index contributed by atoms with van der Waals surface area (Å²) >= 11 is 0. The molecular formula is C28H13F33N2O2. The lowest BCUT2D eigenvalue weighted by molar-refractivity contribution is -0.491. The normalized spacial score (nSPS) is 16.3. The van der Waals surface area contributed by atoms with Gasteiger partial charge in [0.05, 0.1) is 5.69 Å². The lowest BCUT2D eigenvalue weighted by Gasteiger charge is -2.47. The summed E-state index contributed by atoms with van der Waals surface area (Å²) in [6.45, 7) is 0.997. The van der Waals surface area contributed by atoms with Gasteiger partial charge in [0.15, 0.2) is 0 Å². The first-order chi connectivity index (χ1) is 28.0. The number of isocyanates is 1. The van der Waals surface area contributed by atoms with Gasteiger partial charge in [0.2, 0.25) is 6.08 Å². The standard InChI is InChI=1S/C28H13F33N2O2/c1-8-5-10(62-7-64)3-4-11(8)12(65)63-9(2)6-13(29,30)14(31,32)15(33,34)16(35,36)17(37,38)18(39,40)19(41,42)20(43,44)21(45,46)22(47,48)23(49,50)24(51,52)25(53,54)26(55,56)27(57,58)28(59,60)61/h3-5,9H,6H2,1-2H3,(H,63,65). The fourth-order valence-corrected chi connectivity index (χ4v) is 4.66. The van der Waals surface area contributed by atoms with E-state index in [1.165, 1.54) is 5.32 Å². The number of nitrogens with zero attached hydrogens (tertiary/aromatic N) is 1. The molecule has 1 aromatic carbocycles. The highest BCUT2D eigenvalue weighted by molar-refractivity contribution is 5.96. The first-order valence-electron chi connectivity index (χ1n) is 15.2. The fourth-order valence-electron chi connectivity index (χ4n) is 4.66. The predicted molar refractivity (Wildman–Crippen MR) is 141 cm³/mol. The zero-order valence-electron chi connectivity index (χ0n) is 29.8. The molecule has 65 heavy (non-hydrogen) atoms. The highest BCUT2D eigenvalue weighted by Gasteiger charge is 3.01. The van der Waals surface area contributed by atoms with E-state index in [0.29, 0.717) is 6.07 Å². The largest absolute Gasteiger partial charge is 0.460 e. The number of carbonyl (C=O) groups is 1. The van der Waals surface area contributed by atoms with Crippen molar-refractivity contribution in [3.05, 3.63) is 29.3 Å². The molecule has 1 aromatic rings. The van der Waals surface area contributed by atoms with E-state index in [9.17, 15) is 154 Å². The summed E-state index contributed by atoms with van der Waals surface area (Å²) < 4.78 is 456. The Morgan fingerprint density at radius 2 is 0.738 bits per heavy atom. The molecule has 0 aliphatic rings. The molecule has 0 saturated carbocycles. The number of rotatable bonds is 19. The van der Waals surface area contributed by atoms with E-state index < -0.39 is 119 Å². The van der Waals surface area contributed by atoms with Crippen molar-refractivity contribution in [1.29, 1.82) is 0 Å². The number of amides is 1. The monoisotopic (exact) mass is 1040 g/mol. The van der Waals surface area contributed by atoms with Gasteiger partial charge in [-0.05, 0) is 37.6 Å². The smallest absolute Gasteiger partial charge is 0.349 e. The molecule has 0 saturated heterocycles. The molecule has 0 aliphatic carbocycles. The summed E-state index contributed by atoms with van der Waals surface area (Å²) in [5.41, 5.74) is -1.33. The van der Waals surface area contributed by atoms with Crippen LogP contribution in [-0.2, 0) is 4.79 Å². The molecule has 0 aliphatic heterocycles. The summed E-state index contributed by atoms with van der Waals surface area (Å²) in [5, 5.41) is 1.24. The average Bonchev–Trinajstić information content (AvgIpc) is 3.09. The van der Waals surface area contributed by atoms with Crippen molar-refractivity contribution in [3.8, 4) is 0 Å². The molecule has 37 heteroatoms. The van der Waals surface area contributed by atoms with Crippen LogP contribution in [0.2, 0.25) is 0 Å². The number of aryl methyl sites for hydroxylation is 1. The van der Waals surface area contributed by atoms with Gasteiger partial charge in [0.25, 0.3) is 5.91 Å². The molecule has 0 aromatic heterocycles. The maximum Gasteiger partial charge on any atom is 0.460 e. The van der Waals surface area contributed by atoms with Gasteiger partial charge in [-0.15, -0.1) is 0 Å². The molecule has 1 amide bonds. The lowest BCUT2D eigenvalue weighted by atomic mass is 9.82. The minimum absolute atomic E-state index is 0.0454. The summed E-state index contributed by atoms with van der Waals surface area (Å²) in [6, 6.07) is -0.622. The molecule has 0 spiro atoms. The van der Waals surface area contributed by atoms with Crippen molar-refractivity contribution in [2.75, 3.05) is 0 Å². The van der Waals surface area contributed by atoms with Gasteiger partial charge in [-0.2, -0.15) is 150 Å². The van der Waals surface area contributed by atoms with Crippen LogP contribution in [0.1, 0.15) is 29.3 Å². The highest BCUT2D eigenvalue weighted by atomic mass is 19.4. The Balaban J connectivity index is 3.86. The minimum Gasteiger partial charge on any atom is -0.349 e. The number of hydrogen-bond donors (Lipinski definition) is 1. The Morgan fingerprint density at radius 3 is 0.985 bits per heavy atom. The van der Waals surface area contributed by atoms with E-state index in [1.54, 1.807) is 0 Å². The Bertz CT molecular complexity index is 1980. The van der Waals surface area contributed by atoms with Crippen LogP contribution < -0.4 is 5.32 Å². The van der Waals surface area contributed by atoms with Crippen molar-refractivity contribution < 1.29 is 154 Å². The molecular weight excluding hydrogens is 1020 g/mol. The van der Waals surface area contributed by atoms with Gasteiger partial charge in [-0.25, -0.2) is 4.79 Å². The van der Waals surface area contributed by atoms with Crippen molar-refractivity contribution in [2.24, 2.45) is 4.99 Å². The second-order valence-corrected chi connectivity index (χ2v) is 13.0. The van der Waals surface area contributed by atoms with Gasteiger partial charge in [0, 0.05) is 18.0 Å². The van der Waals surface area contributed by atoms with E-state index in [0.717, 1.165) is 25.1 Å². The van der Waals surface area contributed by atoms with E-state index in [-0.39, 0.29) is 18.2 Å². The molecule has 4 nitrogen and oxygen atoms in total. The second-order valence-electron chi connectivity index (χ2n) is 13.0. The van der Waals surface area contributed by atoms with Gasteiger partial charge in [0.1, 0.15) is 0 Å². The third kappa shape index (κ3) is 7.81. The van der Waals surface area contributed by atoms with Crippen LogP contribution in [0, 0.1) is 6.92 Å². The first kappa shape index (κ1) is 58.8. The Hall–Kier alpha value is -4.24. The third-order valence-corrected chi connectivity index (χ3v) is 8.51. The number of benzene rings is 1. The van der Waals surface area contributed by atoms with Crippen LogP contribution in [0.5, 0.6) is 0 Å². The van der Waals surface area contributed by atoms with Crippen LogP contribution >= 0.6 is 0 Å². The van der Waals surface area contributed by atoms with E-state index >= 15 is 0 Å². The third-order valence-electron chi connectivity index (χ3n) is 8.51. The Kier molecular flexibility index (Phi) is 14.4. The number of halogens is 33. The number of nitrogens with one attached hydrogen (secondary N) is 1. The van der Waals surface area contributed by atoms with Crippen molar-refractivity contribution in [2.45, 2.75) is 121 Å². The van der Waals surface area contributed by atoms with Crippen LogP contribution in [0.25, 0.3) is 0 Å². The minimum atomic E-state index is -10.3. The maximum atomic E-state index is 14.5. The maximum absolute atomic E-state index is 14.5. The molecule has 0 bridgehead atoms. The quantitative estimate of drug-likeness (QED) is 0.0853. The number of alkyl halides is 33. The van der Waals surface area contributed by atoms with Gasteiger partial charge < -0.3 is 5.32 Å².